The summed E-state index contributed by atoms with van der Waals surface area (Å²) in [6.45, 7) is 3.74. The minimum atomic E-state index is -0.472. The summed E-state index contributed by atoms with van der Waals surface area (Å²) in [5, 5.41) is 9.53. The molecule has 2 nitrogen and oxygen atoms in total. The van der Waals surface area contributed by atoms with Gasteiger partial charge in [0, 0.05) is 6.42 Å². The Kier molecular flexibility index (Phi) is 3.84. The zero-order valence-electron chi connectivity index (χ0n) is 8.60. The first-order valence-corrected chi connectivity index (χ1v) is 4.87. The Hall–Kier alpha value is -1.15. The first-order chi connectivity index (χ1) is 6.66. The van der Waals surface area contributed by atoms with Gasteiger partial charge in [-0.3, -0.25) is 0 Å². The van der Waals surface area contributed by atoms with Crippen molar-refractivity contribution in [3.8, 4) is 0 Å². The number of aliphatic hydroxyl groups excluding tert-OH is 1. The lowest BCUT2D eigenvalue weighted by Gasteiger charge is -2.15. The quantitative estimate of drug-likeness (QED) is 0.744. The maximum Gasteiger partial charge on any atom is 0.120 e. The van der Waals surface area contributed by atoms with Crippen molar-refractivity contribution in [3.05, 3.63) is 35.4 Å². The van der Waals surface area contributed by atoms with Crippen LogP contribution in [0.1, 0.15) is 43.4 Å². The van der Waals surface area contributed by atoms with E-state index in [9.17, 15) is 9.90 Å². The summed E-state index contributed by atoms with van der Waals surface area (Å²) in [5.41, 5.74) is 1.98. The Morgan fingerprint density at radius 3 is 2.36 bits per heavy atom. The minimum absolute atomic E-state index is 0.179. The molecule has 0 aliphatic heterocycles. The van der Waals surface area contributed by atoms with Gasteiger partial charge in [-0.05, 0) is 24.0 Å². The largest absolute Gasteiger partial charge is 0.389 e. The van der Waals surface area contributed by atoms with Crippen molar-refractivity contribution in [2.45, 2.75) is 32.3 Å². The molecule has 1 aromatic carbocycles. The second-order valence-corrected chi connectivity index (χ2v) is 3.61. The average molecular weight is 192 g/mol. The number of carbonyl (C=O) groups is 1. The number of benzene rings is 1. The second-order valence-electron chi connectivity index (χ2n) is 3.61. The van der Waals surface area contributed by atoms with Gasteiger partial charge in [0.15, 0.2) is 0 Å². The van der Waals surface area contributed by atoms with Gasteiger partial charge in [-0.25, -0.2) is 0 Å². The van der Waals surface area contributed by atoms with Crippen LogP contribution in [0.25, 0.3) is 0 Å². The standard InChI is InChI=1S/C12H16O2/c1-9(7-8-13)11-5-3-4-6-12(11)10(2)14/h3-6,8-10,14H,7H2,1-2H3. The van der Waals surface area contributed by atoms with Crippen LogP contribution >= 0.6 is 0 Å². The van der Waals surface area contributed by atoms with Gasteiger partial charge in [-0.1, -0.05) is 31.2 Å². The van der Waals surface area contributed by atoms with Crippen molar-refractivity contribution in [2.75, 3.05) is 0 Å². The van der Waals surface area contributed by atoms with Crippen molar-refractivity contribution < 1.29 is 9.90 Å². The highest BCUT2D eigenvalue weighted by Gasteiger charge is 2.12. The lowest BCUT2D eigenvalue weighted by molar-refractivity contribution is -0.108. The summed E-state index contributed by atoms with van der Waals surface area (Å²) < 4.78 is 0. The lowest BCUT2D eigenvalue weighted by atomic mass is 9.91. The van der Waals surface area contributed by atoms with Crippen LogP contribution in [-0.4, -0.2) is 11.4 Å². The third kappa shape index (κ3) is 2.42. The Morgan fingerprint density at radius 2 is 1.86 bits per heavy atom. The normalized spacial score (nSPS) is 14.8. The molecule has 0 aromatic heterocycles. The molecule has 0 amide bonds. The van der Waals surface area contributed by atoms with Gasteiger partial charge in [0.25, 0.3) is 0 Å². The molecule has 1 N–H and O–H groups in total. The fourth-order valence-electron chi connectivity index (χ4n) is 1.61. The molecule has 2 heteroatoms. The number of aliphatic hydroxyl groups is 1. The summed E-state index contributed by atoms with van der Waals surface area (Å²) in [6.07, 6.45) is 0.952. The smallest absolute Gasteiger partial charge is 0.120 e. The Labute approximate surface area is 84.6 Å². The van der Waals surface area contributed by atoms with Crippen molar-refractivity contribution >= 4 is 6.29 Å². The maximum absolute atomic E-state index is 10.4. The van der Waals surface area contributed by atoms with E-state index in [0.717, 1.165) is 17.4 Å². The van der Waals surface area contributed by atoms with Crippen molar-refractivity contribution in [3.63, 3.8) is 0 Å². The van der Waals surface area contributed by atoms with E-state index in [1.807, 2.05) is 31.2 Å². The van der Waals surface area contributed by atoms with Gasteiger partial charge < -0.3 is 9.90 Å². The van der Waals surface area contributed by atoms with E-state index in [0.29, 0.717) is 6.42 Å². The monoisotopic (exact) mass is 192 g/mol. The van der Waals surface area contributed by atoms with Crippen molar-refractivity contribution in [1.82, 2.24) is 0 Å². The summed E-state index contributed by atoms with van der Waals surface area (Å²) in [4.78, 5) is 10.4. The predicted octanol–water partition coefficient (Wildman–Crippen LogP) is 2.43. The SMILES string of the molecule is CC(O)c1ccccc1C(C)CC=O. The van der Waals surface area contributed by atoms with Crippen LogP contribution in [0.15, 0.2) is 24.3 Å². The third-order valence-electron chi connectivity index (χ3n) is 2.43. The molecule has 14 heavy (non-hydrogen) atoms. The predicted molar refractivity (Wildman–Crippen MR) is 56.2 cm³/mol. The maximum atomic E-state index is 10.4. The van der Waals surface area contributed by atoms with Crippen LogP contribution in [0.4, 0.5) is 0 Å². The molecule has 0 spiro atoms. The molecule has 1 rings (SSSR count). The first-order valence-electron chi connectivity index (χ1n) is 4.87. The van der Waals surface area contributed by atoms with Crippen LogP contribution in [0, 0.1) is 0 Å². The molecule has 2 unspecified atom stereocenters. The van der Waals surface area contributed by atoms with Gasteiger partial charge in [0.05, 0.1) is 6.10 Å². The van der Waals surface area contributed by atoms with E-state index in [1.165, 1.54) is 0 Å². The molecular weight excluding hydrogens is 176 g/mol. The highest BCUT2D eigenvalue weighted by molar-refractivity contribution is 5.52. The number of rotatable bonds is 4. The zero-order valence-corrected chi connectivity index (χ0v) is 8.60. The van der Waals surface area contributed by atoms with Crippen LogP contribution in [0.2, 0.25) is 0 Å². The molecule has 0 saturated heterocycles. The molecule has 0 heterocycles. The van der Waals surface area contributed by atoms with Crippen molar-refractivity contribution in [2.24, 2.45) is 0 Å². The van der Waals surface area contributed by atoms with Gasteiger partial charge in [-0.15, -0.1) is 0 Å². The van der Waals surface area contributed by atoms with Gasteiger partial charge in [0.2, 0.25) is 0 Å². The van der Waals surface area contributed by atoms with Crippen LogP contribution in [0.3, 0.4) is 0 Å². The summed E-state index contributed by atoms with van der Waals surface area (Å²) in [7, 11) is 0. The zero-order chi connectivity index (χ0) is 10.6. The summed E-state index contributed by atoms with van der Waals surface area (Å²) in [5.74, 6) is 0.179. The van der Waals surface area contributed by atoms with Crippen LogP contribution in [0.5, 0.6) is 0 Å². The van der Waals surface area contributed by atoms with E-state index >= 15 is 0 Å². The molecule has 0 saturated carbocycles. The molecule has 0 fully saturated rings. The van der Waals surface area contributed by atoms with Gasteiger partial charge >= 0.3 is 0 Å². The van der Waals surface area contributed by atoms with Crippen LogP contribution in [-0.2, 0) is 4.79 Å². The Bertz CT molecular complexity index is 305. The van der Waals surface area contributed by atoms with Gasteiger partial charge in [0.1, 0.15) is 6.29 Å². The Morgan fingerprint density at radius 1 is 1.29 bits per heavy atom. The third-order valence-corrected chi connectivity index (χ3v) is 2.43. The van der Waals surface area contributed by atoms with E-state index in [1.54, 1.807) is 6.92 Å². The molecule has 0 aliphatic rings. The van der Waals surface area contributed by atoms with E-state index in [-0.39, 0.29) is 5.92 Å². The fraction of sp³-hybridized carbons (Fsp3) is 0.417. The highest BCUT2D eigenvalue weighted by Crippen LogP contribution is 2.26. The minimum Gasteiger partial charge on any atom is -0.389 e. The second kappa shape index (κ2) is 4.91. The van der Waals surface area contributed by atoms with Crippen LogP contribution < -0.4 is 0 Å². The van der Waals surface area contributed by atoms with Crippen molar-refractivity contribution in [1.29, 1.82) is 0 Å². The number of carbonyl (C=O) groups excluding carboxylic acids is 1. The molecule has 1 aromatic rings. The average Bonchev–Trinajstić information content (AvgIpc) is 2.18. The van der Waals surface area contributed by atoms with Gasteiger partial charge in [-0.2, -0.15) is 0 Å². The molecule has 0 bridgehead atoms. The lowest BCUT2D eigenvalue weighted by Crippen LogP contribution is -2.02. The topological polar surface area (TPSA) is 37.3 Å². The molecule has 76 valence electrons. The molecule has 2 atom stereocenters. The molecule has 0 radical (unpaired) electrons. The number of hydrogen-bond acceptors (Lipinski definition) is 2. The highest BCUT2D eigenvalue weighted by atomic mass is 16.3. The van der Waals surface area contributed by atoms with E-state index in [4.69, 9.17) is 0 Å². The molecule has 0 aliphatic carbocycles. The number of hydrogen-bond donors (Lipinski definition) is 1. The first kappa shape index (κ1) is 10.9. The molecular formula is C12H16O2. The van der Waals surface area contributed by atoms with E-state index in [2.05, 4.69) is 0 Å². The van der Waals surface area contributed by atoms with E-state index < -0.39 is 6.10 Å². The summed E-state index contributed by atoms with van der Waals surface area (Å²) >= 11 is 0. The number of aldehydes is 1. The summed E-state index contributed by atoms with van der Waals surface area (Å²) in [6, 6.07) is 7.71. The Balaban J connectivity index is 2.99. The fourth-order valence-corrected chi connectivity index (χ4v) is 1.61.